The van der Waals surface area contributed by atoms with E-state index >= 15 is 0 Å². The van der Waals surface area contributed by atoms with Gasteiger partial charge in [-0.15, -0.1) is 0 Å². The number of fused-ring (bicyclic) bond motifs is 1. The number of benzene rings is 1. The summed E-state index contributed by atoms with van der Waals surface area (Å²) in [5.74, 6) is 1.28. The van der Waals surface area contributed by atoms with E-state index in [1.165, 1.54) is 22.9 Å². The highest BCUT2D eigenvalue weighted by Gasteiger charge is 2.22. The quantitative estimate of drug-likeness (QED) is 0.785. The summed E-state index contributed by atoms with van der Waals surface area (Å²) >= 11 is 0. The molecule has 120 valence electrons. The normalized spacial score (nSPS) is 15.6. The van der Waals surface area contributed by atoms with Crippen LogP contribution in [0.15, 0.2) is 55.2 Å². The van der Waals surface area contributed by atoms with Gasteiger partial charge in [0.25, 0.3) is 5.91 Å². The molecule has 1 aliphatic rings. The number of amides is 1. The lowest BCUT2D eigenvalue weighted by molar-refractivity contribution is 0.0933. The summed E-state index contributed by atoms with van der Waals surface area (Å²) in [5, 5.41) is 6.92. The van der Waals surface area contributed by atoms with Crippen molar-refractivity contribution in [2.24, 2.45) is 0 Å². The van der Waals surface area contributed by atoms with Crippen LogP contribution < -0.4 is 10.1 Å². The second-order valence-electron chi connectivity index (χ2n) is 5.50. The molecule has 24 heavy (non-hydrogen) atoms. The monoisotopic (exact) mass is 321 g/mol. The van der Waals surface area contributed by atoms with Gasteiger partial charge in [-0.25, -0.2) is 14.6 Å². The first-order valence-electron chi connectivity index (χ1n) is 7.63. The summed E-state index contributed by atoms with van der Waals surface area (Å²) in [6.07, 6.45) is 5.30. The van der Waals surface area contributed by atoms with Crippen molar-refractivity contribution >= 4 is 5.91 Å². The minimum Gasteiger partial charge on any atom is -0.488 e. The number of carbonyl (C=O) groups is 1. The highest BCUT2D eigenvalue weighted by atomic mass is 16.5. The fourth-order valence-electron chi connectivity index (χ4n) is 2.69. The molecule has 2 aromatic heterocycles. The van der Waals surface area contributed by atoms with Crippen LogP contribution in [0.3, 0.4) is 0 Å². The molecule has 0 fully saturated rings. The van der Waals surface area contributed by atoms with E-state index in [1.54, 1.807) is 18.3 Å². The number of hydrogen-bond donors (Lipinski definition) is 1. The van der Waals surface area contributed by atoms with E-state index in [1.807, 2.05) is 24.3 Å². The van der Waals surface area contributed by atoms with Crippen molar-refractivity contribution in [3.05, 3.63) is 66.4 Å². The number of nitrogens with zero attached hydrogens (tertiary/aromatic N) is 4. The topological polar surface area (TPSA) is 81.9 Å². The predicted molar refractivity (Wildman–Crippen MR) is 86.0 cm³/mol. The Kier molecular flexibility index (Phi) is 3.66. The van der Waals surface area contributed by atoms with E-state index < -0.39 is 0 Å². The van der Waals surface area contributed by atoms with Crippen molar-refractivity contribution in [1.82, 2.24) is 25.1 Å². The highest BCUT2D eigenvalue weighted by Crippen LogP contribution is 2.27. The van der Waals surface area contributed by atoms with Crippen molar-refractivity contribution in [2.45, 2.75) is 12.5 Å². The third kappa shape index (κ3) is 2.83. The van der Waals surface area contributed by atoms with Crippen LogP contribution in [0, 0.1) is 0 Å². The molecule has 0 radical (unpaired) electrons. The Bertz CT molecular complexity index is 838. The van der Waals surface area contributed by atoms with Crippen molar-refractivity contribution in [1.29, 1.82) is 0 Å². The lowest BCUT2D eigenvalue weighted by atomic mass is 10.1. The molecule has 1 unspecified atom stereocenters. The Morgan fingerprint density at radius 3 is 3.08 bits per heavy atom. The molecule has 1 atom stereocenters. The number of aromatic nitrogens is 4. The standard InChI is InChI=1S/C17H15N5O2/c23-17(13-5-6-19-16(8-13)22-11-18-10-21-22)20-9-14-7-12-3-1-2-4-15(12)24-14/h1-6,8,10-11,14H,7,9H2,(H,20,23). The molecule has 3 heterocycles. The zero-order chi connectivity index (χ0) is 16.4. The third-order valence-electron chi connectivity index (χ3n) is 3.87. The van der Waals surface area contributed by atoms with E-state index in [0.717, 1.165) is 12.2 Å². The van der Waals surface area contributed by atoms with Crippen LogP contribution in [0.2, 0.25) is 0 Å². The summed E-state index contributed by atoms with van der Waals surface area (Å²) < 4.78 is 7.33. The second kappa shape index (κ2) is 6.11. The van der Waals surface area contributed by atoms with Crippen LogP contribution in [-0.4, -0.2) is 38.3 Å². The van der Waals surface area contributed by atoms with Crippen LogP contribution in [-0.2, 0) is 6.42 Å². The van der Waals surface area contributed by atoms with E-state index in [2.05, 4.69) is 20.4 Å². The largest absolute Gasteiger partial charge is 0.488 e. The molecule has 1 aromatic carbocycles. The number of nitrogens with one attached hydrogen (secondary N) is 1. The van der Waals surface area contributed by atoms with Gasteiger partial charge in [0.2, 0.25) is 0 Å². The lowest BCUT2D eigenvalue weighted by Gasteiger charge is -2.12. The molecule has 0 bridgehead atoms. The summed E-state index contributed by atoms with van der Waals surface area (Å²) in [7, 11) is 0. The number of carbonyl (C=O) groups excluding carboxylic acids is 1. The average molecular weight is 321 g/mol. The third-order valence-corrected chi connectivity index (χ3v) is 3.87. The molecule has 7 nitrogen and oxygen atoms in total. The Hall–Kier alpha value is -3.22. The molecule has 0 aliphatic carbocycles. The van der Waals surface area contributed by atoms with Gasteiger partial charge in [-0.05, 0) is 23.8 Å². The Labute approximate surface area is 138 Å². The average Bonchev–Trinajstić information content (AvgIpc) is 3.29. The summed E-state index contributed by atoms with van der Waals surface area (Å²) in [4.78, 5) is 20.4. The van der Waals surface area contributed by atoms with Crippen molar-refractivity contribution in [3.63, 3.8) is 0 Å². The summed E-state index contributed by atoms with van der Waals surface area (Å²) in [5.41, 5.74) is 1.69. The Balaban J connectivity index is 1.40. The van der Waals surface area contributed by atoms with Crippen LogP contribution in [0.4, 0.5) is 0 Å². The number of pyridine rings is 1. The molecule has 3 aromatic rings. The van der Waals surface area contributed by atoms with Gasteiger partial charge in [-0.3, -0.25) is 4.79 Å². The molecular formula is C17H15N5O2. The van der Waals surface area contributed by atoms with Gasteiger partial charge < -0.3 is 10.1 Å². The molecule has 1 N–H and O–H groups in total. The summed E-state index contributed by atoms with van der Waals surface area (Å²) in [6.45, 7) is 0.453. The van der Waals surface area contributed by atoms with E-state index in [-0.39, 0.29) is 12.0 Å². The molecule has 4 rings (SSSR count). The Morgan fingerprint density at radius 2 is 2.25 bits per heavy atom. The van der Waals surface area contributed by atoms with Crippen LogP contribution in [0.1, 0.15) is 15.9 Å². The molecule has 1 aliphatic heterocycles. The van der Waals surface area contributed by atoms with Crippen molar-refractivity contribution in [3.8, 4) is 11.6 Å². The first-order valence-corrected chi connectivity index (χ1v) is 7.63. The number of rotatable bonds is 4. The molecule has 0 saturated carbocycles. The maximum atomic E-state index is 12.4. The van der Waals surface area contributed by atoms with E-state index in [4.69, 9.17) is 4.74 Å². The molecule has 7 heteroatoms. The Morgan fingerprint density at radius 1 is 1.33 bits per heavy atom. The van der Waals surface area contributed by atoms with Crippen LogP contribution in [0.25, 0.3) is 5.82 Å². The number of para-hydroxylation sites is 1. The van der Waals surface area contributed by atoms with Crippen LogP contribution in [0.5, 0.6) is 5.75 Å². The SMILES string of the molecule is O=C(NCC1Cc2ccccc2O1)c1ccnc(-n2cncn2)c1. The maximum Gasteiger partial charge on any atom is 0.251 e. The fraction of sp³-hybridized carbons (Fsp3) is 0.176. The van der Waals surface area contributed by atoms with Crippen molar-refractivity contribution in [2.75, 3.05) is 6.54 Å². The second-order valence-corrected chi connectivity index (χ2v) is 5.50. The first kappa shape index (κ1) is 14.4. The zero-order valence-electron chi connectivity index (χ0n) is 12.8. The van der Waals surface area contributed by atoms with Gasteiger partial charge >= 0.3 is 0 Å². The van der Waals surface area contributed by atoms with Crippen molar-refractivity contribution < 1.29 is 9.53 Å². The van der Waals surface area contributed by atoms with E-state index in [0.29, 0.717) is 17.9 Å². The van der Waals surface area contributed by atoms with Gasteiger partial charge in [0, 0.05) is 18.2 Å². The number of hydrogen-bond acceptors (Lipinski definition) is 5. The number of ether oxygens (including phenoxy) is 1. The van der Waals surface area contributed by atoms with Gasteiger partial charge in [-0.2, -0.15) is 5.10 Å². The van der Waals surface area contributed by atoms with E-state index in [9.17, 15) is 4.79 Å². The van der Waals surface area contributed by atoms with Gasteiger partial charge in [-0.1, -0.05) is 18.2 Å². The minimum absolute atomic E-state index is 0.0389. The predicted octanol–water partition coefficient (Wildman–Crippen LogP) is 1.40. The fourth-order valence-corrected chi connectivity index (χ4v) is 2.69. The minimum atomic E-state index is -0.168. The summed E-state index contributed by atoms with van der Waals surface area (Å²) in [6, 6.07) is 11.3. The smallest absolute Gasteiger partial charge is 0.251 e. The zero-order valence-corrected chi connectivity index (χ0v) is 12.8. The maximum absolute atomic E-state index is 12.4. The first-order chi connectivity index (χ1) is 11.8. The molecule has 1 amide bonds. The molecule has 0 saturated heterocycles. The van der Waals surface area contributed by atoms with Gasteiger partial charge in [0.05, 0.1) is 6.54 Å². The molecule has 0 spiro atoms. The molecular weight excluding hydrogens is 306 g/mol. The lowest BCUT2D eigenvalue weighted by Crippen LogP contribution is -2.34. The van der Waals surface area contributed by atoms with Crippen LogP contribution >= 0.6 is 0 Å². The van der Waals surface area contributed by atoms with Gasteiger partial charge in [0.1, 0.15) is 24.5 Å². The van der Waals surface area contributed by atoms with Gasteiger partial charge in [0.15, 0.2) is 5.82 Å². The highest BCUT2D eigenvalue weighted by molar-refractivity contribution is 5.94.